The summed E-state index contributed by atoms with van der Waals surface area (Å²) in [5, 5.41) is 14.9. The fourth-order valence-electron chi connectivity index (χ4n) is 3.21. The predicted octanol–water partition coefficient (Wildman–Crippen LogP) is 4.89. The molecule has 176 valence electrons. The van der Waals surface area contributed by atoms with Crippen LogP contribution in [-0.2, 0) is 11.3 Å². The summed E-state index contributed by atoms with van der Waals surface area (Å²) in [4.78, 5) is 40.5. The number of aromatic nitrogens is 2. The van der Waals surface area contributed by atoms with Crippen LogP contribution in [0.2, 0.25) is 5.02 Å². The maximum Gasteiger partial charge on any atom is 0.339 e. The normalized spacial score (nSPS) is 10.6. The van der Waals surface area contributed by atoms with Gasteiger partial charge in [-0.2, -0.15) is 4.98 Å². The molecule has 0 radical (unpaired) electrons. The molecule has 0 aliphatic rings. The average Bonchev–Trinajstić information content (AvgIpc) is 3.36. The van der Waals surface area contributed by atoms with Crippen LogP contribution in [0.3, 0.4) is 0 Å². The van der Waals surface area contributed by atoms with Gasteiger partial charge in [-0.1, -0.05) is 47.1 Å². The molecule has 1 heterocycles. The Morgan fingerprint density at radius 2 is 1.83 bits per heavy atom. The minimum absolute atomic E-state index is 0.00109. The van der Waals surface area contributed by atoms with Crippen LogP contribution in [0.15, 0.2) is 71.3 Å². The molecule has 0 N–H and O–H groups in total. The van der Waals surface area contributed by atoms with Crippen molar-refractivity contribution in [3.8, 4) is 17.1 Å². The lowest BCUT2D eigenvalue weighted by Crippen LogP contribution is -2.13. The third-order valence-corrected chi connectivity index (χ3v) is 5.24. The first-order valence-corrected chi connectivity index (χ1v) is 10.5. The summed E-state index contributed by atoms with van der Waals surface area (Å²) in [6, 6.07) is 16.7. The van der Waals surface area contributed by atoms with Crippen molar-refractivity contribution in [1.82, 2.24) is 10.1 Å². The van der Waals surface area contributed by atoms with Crippen molar-refractivity contribution in [3.63, 3.8) is 0 Å². The van der Waals surface area contributed by atoms with Crippen LogP contribution in [-0.4, -0.2) is 33.9 Å². The zero-order valence-electron chi connectivity index (χ0n) is 18.1. The van der Waals surface area contributed by atoms with E-state index in [1.165, 1.54) is 31.4 Å². The molecule has 0 amide bonds. The van der Waals surface area contributed by atoms with E-state index in [2.05, 4.69) is 10.1 Å². The highest BCUT2D eigenvalue weighted by Gasteiger charge is 2.23. The molecule has 0 saturated heterocycles. The number of halogens is 1. The van der Waals surface area contributed by atoms with E-state index in [1.807, 2.05) is 0 Å². The summed E-state index contributed by atoms with van der Waals surface area (Å²) < 4.78 is 15.6. The summed E-state index contributed by atoms with van der Waals surface area (Å²) in [7, 11) is 1.54. The Labute approximate surface area is 203 Å². The van der Waals surface area contributed by atoms with Crippen molar-refractivity contribution >= 4 is 29.0 Å². The largest absolute Gasteiger partial charge is 0.497 e. The van der Waals surface area contributed by atoms with Crippen molar-refractivity contribution < 1.29 is 28.5 Å². The zero-order chi connectivity index (χ0) is 24.9. The van der Waals surface area contributed by atoms with Crippen LogP contribution in [0.4, 0.5) is 5.69 Å². The monoisotopic (exact) mass is 493 g/mol. The Balaban J connectivity index is 1.51. The number of ether oxygens (including phenoxy) is 2. The smallest absolute Gasteiger partial charge is 0.339 e. The minimum Gasteiger partial charge on any atom is -0.497 e. The lowest BCUT2D eigenvalue weighted by molar-refractivity contribution is -0.384. The number of nitrogens with zero attached hydrogens (tertiary/aromatic N) is 3. The van der Waals surface area contributed by atoms with Crippen LogP contribution in [0.25, 0.3) is 11.4 Å². The fraction of sp³-hybridized carbons (Fsp3) is 0.0833. The number of nitro benzene ring substituents is 1. The van der Waals surface area contributed by atoms with Gasteiger partial charge >= 0.3 is 5.97 Å². The Morgan fingerprint density at radius 3 is 2.57 bits per heavy atom. The van der Waals surface area contributed by atoms with Gasteiger partial charge in [-0.05, 0) is 30.3 Å². The van der Waals surface area contributed by atoms with E-state index >= 15 is 0 Å². The quantitative estimate of drug-likeness (QED) is 0.145. The van der Waals surface area contributed by atoms with E-state index in [-0.39, 0.29) is 40.0 Å². The second-order valence-corrected chi connectivity index (χ2v) is 7.53. The average molecular weight is 494 g/mol. The second kappa shape index (κ2) is 10.1. The molecule has 10 nitrogen and oxygen atoms in total. The van der Waals surface area contributed by atoms with Gasteiger partial charge in [-0.15, -0.1) is 0 Å². The molecule has 0 aliphatic carbocycles. The number of carbonyl (C=O) groups excluding carboxylic acids is 2. The van der Waals surface area contributed by atoms with Crippen LogP contribution >= 0.6 is 11.6 Å². The topological polar surface area (TPSA) is 135 Å². The highest BCUT2D eigenvalue weighted by molar-refractivity contribution is 6.33. The molecular formula is C24H16ClN3O7. The standard InChI is InChI=1S/C24H16ClN3O7/c1-33-16-6-4-5-15(11-16)23-26-21(35-27-23)13-34-24(30)18-8-3-2-7-17(18)22(29)14-9-10-19(25)20(12-14)28(31)32/h2-12H,13H2,1H3. The van der Waals surface area contributed by atoms with Crippen molar-refractivity contribution in [3.05, 3.63) is 104 Å². The summed E-state index contributed by atoms with van der Waals surface area (Å²) >= 11 is 5.83. The second-order valence-electron chi connectivity index (χ2n) is 7.12. The van der Waals surface area contributed by atoms with Crippen molar-refractivity contribution in [2.75, 3.05) is 7.11 Å². The number of carbonyl (C=O) groups is 2. The fourth-order valence-corrected chi connectivity index (χ4v) is 3.39. The van der Waals surface area contributed by atoms with E-state index in [1.54, 1.807) is 36.4 Å². The maximum absolute atomic E-state index is 13.0. The predicted molar refractivity (Wildman–Crippen MR) is 123 cm³/mol. The molecule has 4 rings (SSSR count). The molecule has 0 aliphatic heterocycles. The lowest BCUT2D eigenvalue weighted by Gasteiger charge is -2.08. The zero-order valence-corrected chi connectivity index (χ0v) is 18.9. The number of hydrogen-bond donors (Lipinski definition) is 0. The third-order valence-electron chi connectivity index (χ3n) is 4.92. The van der Waals surface area contributed by atoms with Crippen molar-refractivity contribution in [2.24, 2.45) is 0 Å². The van der Waals surface area contributed by atoms with Gasteiger partial charge in [0.25, 0.3) is 11.6 Å². The van der Waals surface area contributed by atoms with Gasteiger partial charge < -0.3 is 14.0 Å². The molecule has 0 fully saturated rings. The number of hydrogen-bond acceptors (Lipinski definition) is 9. The van der Waals surface area contributed by atoms with Crippen molar-refractivity contribution in [2.45, 2.75) is 6.61 Å². The first-order valence-electron chi connectivity index (χ1n) is 10.1. The van der Waals surface area contributed by atoms with Gasteiger partial charge in [0.05, 0.1) is 17.6 Å². The molecule has 0 bridgehead atoms. The molecular weight excluding hydrogens is 478 g/mol. The Bertz CT molecular complexity index is 1430. The Kier molecular flexibility index (Phi) is 6.83. The summed E-state index contributed by atoms with van der Waals surface area (Å²) in [6.07, 6.45) is 0. The minimum atomic E-state index is -0.807. The van der Waals surface area contributed by atoms with Gasteiger partial charge in [0.2, 0.25) is 5.82 Å². The molecule has 0 spiro atoms. The van der Waals surface area contributed by atoms with Gasteiger partial charge in [-0.25, -0.2) is 4.79 Å². The van der Waals surface area contributed by atoms with Crippen LogP contribution in [0, 0.1) is 10.1 Å². The summed E-state index contributed by atoms with van der Waals surface area (Å²) in [6.45, 7) is -0.329. The van der Waals surface area contributed by atoms with Crippen molar-refractivity contribution in [1.29, 1.82) is 0 Å². The number of esters is 1. The highest BCUT2D eigenvalue weighted by Crippen LogP contribution is 2.27. The lowest BCUT2D eigenvalue weighted by atomic mass is 9.98. The maximum atomic E-state index is 13.0. The number of nitro groups is 1. The number of methoxy groups -OCH3 is 1. The van der Waals surface area contributed by atoms with Gasteiger partial charge in [-0.3, -0.25) is 14.9 Å². The van der Waals surface area contributed by atoms with Gasteiger partial charge in [0.1, 0.15) is 10.8 Å². The molecule has 35 heavy (non-hydrogen) atoms. The van der Waals surface area contributed by atoms with E-state index in [9.17, 15) is 19.7 Å². The van der Waals surface area contributed by atoms with E-state index in [0.29, 0.717) is 11.3 Å². The number of benzene rings is 3. The molecule has 4 aromatic rings. The molecule has 1 aromatic heterocycles. The SMILES string of the molecule is COc1cccc(-c2noc(COC(=O)c3ccccc3C(=O)c3ccc(Cl)c([N+](=O)[O-])c3)n2)c1. The highest BCUT2D eigenvalue weighted by atomic mass is 35.5. The Hall–Kier alpha value is -4.57. The third kappa shape index (κ3) is 5.17. The number of ketones is 1. The van der Waals surface area contributed by atoms with E-state index in [0.717, 1.165) is 6.07 Å². The molecule has 0 unspecified atom stereocenters. The van der Waals surface area contributed by atoms with Gasteiger partial charge in [0.15, 0.2) is 12.4 Å². The first kappa shape index (κ1) is 23.6. The first-order chi connectivity index (χ1) is 16.9. The van der Waals surface area contributed by atoms with Crippen LogP contribution in [0.1, 0.15) is 32.2 Å². The molecule has 3 aromatic carbocycles. The van der Waals surface area contributed by atoms with Gasteiger partial charge in [0, 0.05) is 22.8 Å². The molecule has 0 atom stereocenters. The van der Waals surface area contributed by atoms with Crippen LogP contribution < -0.4 is 4.74 Å². The molecule has 0 saturated carbocycles. The molecule has 11 heteroatoms. The summed E-state index contributed by atoms with van der Waals surface area (Å²) in [5.41, 5.74) is 0.222. The summed E-state index contributed by atoms with van der Waals surface area (Å²) in [5.74, 6) is -0.454. The van der Waals surface area contributed by atoms with E-state index < -0.39 is 22.4 Å². The van der Waals surface area contributed by atoms with Crippen LogP contribution in [0.5, 0.6) is 5.75 Å². The van der Waals surface area contributed by atoms with E-state index in [4.69, 9.17) is 25.6 Å². The Morgan fingerprint density at radius 1 is 1.06 bits per heavy atom. The number of rotatable bonds is 8.